The van der Waals surface area contributed by atoms with Gasteiger partial charge in [-0.25, -0.2) is 4.98 Å². The number of nitrogens with one attached hydrogen (secondary N) is 1. The monoisotopic (exact) mass is 482 g/mol. The van der Waals surface area contributed by atoms with Gasteiger partial charge < -0.3 is 10.1 Å². The topological polar surface area (TPSA) is 67.6 Å². The fourth-order valence-electron chi connectivity index (χ4n) is 4.46. The van der Waals surface area contributed by atoms with Crippen LogP contribution < -0.4 is 5.32 Å². The number of pyridine rings is 1. The van der Waals surface area contributed by atoms with Gasteiger partial charge in [0.1, 0.15) is 11.9 Å². The van der Waals surface area contributed by atoms with Crippen LogP contribution in [0.5, 0.6) is 0 Å². The Kier molecular flexibility index (Phi) is 6.18. The summed E-state index contributed by atoms with van der Waals surface area (Å²) in [4.78, 5) is 11.7. The van der Waals surface area contributed by atoms with Crippen molar-refractivity contribution >= 4 is 27.4 Å². The molecule has 0 amide bonds. The normalized spacial score (nSPS) is 21.8. The van der Waals surface area contributed by atoms with Crippen molar-refractivity contribution in [1.82, 2.24) is 24.5 Å². The smallest absolute Gasteiger partial charge is 0.171 e. The number of likely N-dealkylation sites (tertiary alicyclic amines) is 1. The number of hydrogen-bond donors (Lipinski definition) is 1. The fourth-order valence-corrected chi connectivity index (χ4v) is 4.80. The number of halogens is 1. The second-order valence-corrected chi connectivity index (χ2v) is 9.17. The second kappa shape index (κ2) is 9.36. The molecule has 1 N–H and O–H groups in total. The van der Waals surface area contributed by atoms with E-state index in [2.05, 4.69) is 54.4 Å². The van der Waals surface area contributed by atoms with E-state index < -0.39 is 0 Å². The van der Waals surface area contributed by atoms with Gasteiger partial charge in [0.2, 0.25) is 0 Å². The first-order valence-corrected chi connectivity index (χ1v) is 11.8. The van der Waals surface area contributed by atoms with Crippen molar-refractivity contribution in [3.8, 4) is 0 Å². The second-order valence-electron chi connectivity index (χ2n) is 8.31. The van der Waals surface area contributed by atoms with E-state index in [-0.39, 0.29) is 0 Å². The molecular formula is C23H27BrN6O. The first-order valence-electron chi connectivity index (χ1n) is 11.0. The van der Waals surface area contributed by atoms with Gasteiger partial charge >= 0.3 is 0 Å². The van der Waals surface area contributed by atoms with Crippen LogP contribution in [0.25, 0.3) is 5.65 Å². The van der Waals surface area contributed by atoms with Gasteiger partial charge in [-0.2, -0.15) is 9.61 Å². The standard InChI is InChI=1S/C23H27BrN6O/c24-20-14-27-30-22(26-13-17-5-3-8-25-12-17)11-21(28-23(20)30)18-6-4-9-29(15-18)16-19-7-1-2-10-31-19/h2-3,5,8,10-12,14,18-19,26H,1,4,6-7,9,13,15-16H2. The Balaban J connectivity index is 1.36. The van der Waals surface area contributed by atoms with Crippen LogP contribution in [0.3, 0.4) is 0 Å². The van der Waals surface area contributed by atoms with Gasteiger partial charge in [0.15, 0.2) is 5.65 Å². The number of anilines is 1. The minimum absolute atomic E-state index is 0.305. The Morgan fingerprint density at radius 1 is 1.26 bits per heavy atom. The van der Waals surface area contributed by atoms with E-state index in [0.29, 0.717) is 18.6 Å². The summed E-state index contributed by atoms with van der Waals surface area (Å²) in [5.74, 6) is 1.35. The lowest BCUT2D eigenvalue weighted by molar-refractivity contribution is 0.0671. The molecule has 2 aliphatic heterocycles. The molecule has 1 fully saturated rings. The zero-order valence-electron chi connectivity index (χ0n) is 17.5. The van der Waals surface area contributed by atoms with Crippen molar-refractivity contribution in [3.63, 3.8) is 0 Å². The molecule has 0 radical (unpaired) electrons. The lowest BCUT2D eigenvalue weighted by atomic mass is 9.94. The molecule has 3 aromatic rings. The Labute approximate surface area is 190 Å². The molecule has 0 spiro atoms. The molecule has 8 heteroatoms. The third-order valence-corrected chi connectivity index (χ3v) is 6.61. The quantitative estimate of drug-likeness (QED) is 0.562. The molecule has 1 saturated heterocycles. The molecule has 162 valence electrons. The minimum atomic E-state index is 0.305. The average molecular weight is 483 g/mol. The van der Waals surface area contributed by atoms with Gasteiger partial charge in [0.05, 0.1) is 22.6 Å². The molecule has 2 atom stereocenters. The number of nitrogens with zero attached hydrogens (tertiary/aromatic N) is 5. The van der Waals surface area contributed by atoms with Gasteiger partial charge in [0.25, 0.3) is 0 Å². The molecule has 2 unspecified atom stereocenters. The van der Waals surface area contributed by atoms with E-state index >= 15 is 0 Å². The van der Waals surface area contributed by atoms with Crippen LogP contribution in [-0.2, 0) is 11.3 Å². The molecule has 3 aromatic heterocycles. The van der Waals surface area contributed by atoms with Crippen LogP contribution in [0.4, 0.5) is 5.82 Å². The number of rotatable bonds is 6. The Morgan fingerprint density at radius 2 is 2.23 bits per heavy atom. The summed E-state index contributed by atoms with van der Waals surface area (Å²) in [6.07, 6.45) is 14.3. The van der Waals surface area contributed by atoms with E-state index in [1.807, 2.05) is 29.2 Å². The highest BCUT2D eigenvalue weighted by Gasteiger charge is 2.26. The minimum Gasteiger partial charge on any atom is -0.497 e. The Hall–Kier alpha value is -2.45. The first-order chi connectivity index (χ1) is 15.3. The molecular weight excluding hydrogens is 456 g/mol. The predicted octanol–water partition coefficient (Wildman–Crippen LogP) is 4.37. The summed E-state index contributed by atoms with van der Waals surface area (Å²) in [7, 11) is 0. The Bertz CT molecular complexity index is 1050. The third kappa shape index (κ3) is 4.75. The number of hydrogen-bond acceptors (Lipinski definition) is 6. The summed E-state index contributed by atoms with van der Waals surface area (Å²) in [5, 5.41) is 8.04. The third-order valence-electron chi connectivity index (χ3n) is 6.05. The van der Waals surface area contributed by atoms with Crippen LogP contribution in [0, 0.1) is 0 Å². The van der Waals surface area contributed by atoms with E-state index in [9.17, 15) is 0 Å². The van der Waals surface area contributed by atoms with Gasteiger partial charge in [-0.1, -0.05) is 6.07 Å². The summed E-state index contributed by atoms with van der Waals surface area (Å²) < 4.78 is 8.59. The lowest BCUT2D eigenvalue weighted by Crippen LogP contribution is -2.40. The Morgan fingerprint density at radius 3 is 3.06 bits per heavy atom. The zero-order chi connectivity index (χ0) is 21.0. The van der Waals surface area contributed by atoms with Crippen LogP contribution in [-0.4, -0.2) is 50.2 Å². The maximum atomic E-state index is 5.81. The van der Waals surface area contributed by atoms with Crippen molar-refractivity contribution in [2.75, 3.05) is 25.0 Å². The van der Waals surface area contributed by atoms with Gasteiger partial charge in [-0.3, -0.25) is 9.88 Å². The van der Waals surface area contributed by atoms with E-state index in [0.717, 1.165) is 66.1 Å². The van der Waals surface area contributed by atoms with Crippen molar-refractivity contribution in [1.29, 1.82) is 0 Å². The predicted molar refractivity (Wildman–Crippen MR) is 124 cm³/mol. The maximum absolute atomic E-state index is 5.81. The van der Waals surface area contributed by atoms with Gasteiger partial charge in [-0.05, 0) is 65.9 Å². The number of piperidine rings is 1. The SMILES string of the molecule is Brc1cnn2c(NCc3cccnc3)cc(C3CCCN(CC4CCC=CO4)C3)nc12. The number of ether oxygens (including phenoxy) is 1. The summed E-state index contributed by atoms with van der Waals surface area (Å²) in [6.45, 7) is 3.82. The maximum Gasteiger partial charge on any atom is 0.171 e. The van der Waals surface area contributed by atoms with Crippen molar-refractivity contribution in [2.45, 2.75) is 44.2 Å². The fraction of sp³-hybridized carbons (Fsp3) is 0.435. The summed E-state index contributed by atoms with van der Waals surface area (Å²) >= 11 is 3.62. The van der Waals surface area contributed by atoms with E-state index in [1.54, 1.807) is 6.20 Å². The molecule has 31 heavy (non-hydrogen) atoms. The largest absolute Gasteiger partial charge is 0.497 e. The van der Waals surface area contributed by atoms with Crippen LogP contribution in [0.1, 0.15) is 42.9 Å². The number of fused-ring (bicyclic) bond motifs is 1. The molecule has 0 aliphatic carbocycles. The zero-order valence-corrected chi connectivity index (χ0v) is 19.0. The van der Waals surface area contributed by atoms with Crippen LogP contribution >= 0.6 is 15.9 Å². The van der Waals surface area contributed by atoms with Crippen molar-refractivity contribution in [2.24, 2.45) is 0 Å². The highest BCUT2D eigenvalue weighted by molar-refractivity contribution is 9.10. The highest BCUT2D eigenvalue weighted by Crippen LogP contribution is 2.30. The number of aromatic nitrogens is 4. The van der Waals surface area contributed by atoms with Gasteiger partial charge in [0, 0.05) is 44.0 Å². The first kappa shape index (κ1) is 20.5. The molecule has 0 aromatic carbocycles. The van der Waals surface area contributed by atoms with Crippen LogP contribution in [0.15, 0.2) is 53.6 Å². The van der Waals surface area contributed by atoms with Crippen molar-refractivity contribution < 1.29 is 4.74 Å². The molecule has 0 saturated carbocycles. The van der Waals surface area contributed by atoms with Crippen molar-refractivity contribution in [3.05, 3.63) is 64.9 Å². The molecule has 5 heterocycles. The average Bonchev–Trinajstić information content (AvgIpc) is 3.20. The lowest BCUT2D eigenvalue weighted by Gasteiger charge is -2.35. The van der Waals surface area contributed by atoms with Crippen LogP contribution in [0.2, 0.25) is 0 Å². The van der Waals surface area contributed by atoms with E-state index in [4.69, 9.17) is 9.72 Å². The molecule has 5 rings (SSSR count). The highest BCUT2D eigenvalue weighted by atomic mass is 79.9. The summed E-state index contributed by atoms with van der Waals surface area (Å²) in [6, 6.07) is 6.19. The van der Waals surface area contributed by atoms with Gasteiger partial charge in [-0.15, -0.1) is 0 Å². The number of allylic oxidation sites excluding steroid dienone is 1. The van der Waals surface area contributed by atoms with E-state index in [1.165, 1.54) is 6.42 Å². The summed E-state index contributed by atoms with van der Waals surface area (Å²) in [5.41, 5.74) is 3.10. The molecule has 7 nitrogen and oxygen atoms in total. The molecule has 0 bridgehead atoms. The molecule has 2 aliphatic rings.